The number of amides is 1. The molecule has 0 saturated carbocycles. The zero-order valence-electron chi connectivity index (χ0n) is 11.2. The molecule has 0 aliphatic rings. The van der Waals surface area contributed by atoms with Gasteiger partial charge >= 0.3 is 0 Å². The first-order valence-electron chi connectivity index (χ1n) is 5.52. The number of nitro benzene ring substituents is 1. The molecule has 1 amide bonds. The third kappa shape index (κ3) is 3.44. The maximum Gasteiger partial charge on any atom is 0.293 e. The number of hydrogen-bond acceptors (Lipinski definition) is 6. The zero-order chi connectivity index (χ0) is 15.7. The van der Waals surface area contributed by atoms with Crippen LogP contribution in [-0.4, -0.2) is 31.0 Å². The van der Waals surface area contributed by atoms with Gasteiger partial charge < -0.3 is 11.1 Å². The summed E-state index contributed by atoms with van der Waals surface area (Å²) in [5.74, 6) is -0.695. The van der Waals surface area contributed by atoms with Crippen molar-refractivity contribution >= 4 is 27.1 Å². The minimum atomic E-state index is -3.56. The predicted molar refractivity (Wildman–Crippen MR) is 73.1 cm³/mol. The van der Waals surface area contributed by atoms with E-state index < -0.39 is 31.9 Å². The van der Waals surface area contributed by atoms with E-state index >= 15 is 0 Å². The van der Waals surface area contributed by atoms with Crippen molar-refractivity contribution in [2.24, 2.45) is 5.73 Å². The lowest BCUT2D eigenvalue weighted by atomic mass is 10.0. The van der Waals surface area contributed by atoms with Crippen molar-refractivity contribution in [2.45, 2.75) is 24.3 Å². The van der Waals surface area contributed by atoms with Gasteiger partial charge in [-0.2, -0.15) is 0 Å². The Morgan fingerprint density at radius 2 is 1.95 bits per heavy atom. The van der Waals surface area contributed by atoms with Crippen LogP contribution in [-0.2, 0) is 14.6 Å². The third-order valence-corrected chi connectivity index (χ3v) is 3.77. The highest BCUT2D eigenvalue weighted by Crippen LogP contribution is 2.29. The summed E-state index contributed by atoms with van der Waals surface area (Å²) in [4.78, 5) is 21.3. The number of nitrogens with one attached hydrogen (secondary N) is 1. The fourth-order valence-corrected chi connectivity index (χ4v) is 2.04. The lowest BCUT2D eigenvalue weighted by molar-refractivity contribution is -0.384. The van der Waals surface area contributed by atoms with Crippen LogP contribution in [0, 0.1) is 10.1 Å². The van der Waals surface area contributed by atoms with Crippen molar-refractivity contribution < 1.29 is 18.1 Å². The van der Waals surface area contributed by atoms with E-state index in [0.29, 0.717) is 0 Å². The molecule has 0 atom stereocenters. The molecule has 3 N–H and O–H groups in total. The molecule has 0 aliphatic carbocycles. The van der Waals surface area contributed by atoms with Gasteiger partial charge in [0.1, 0.15) is 11.2 Å². The molecule has 0 aliphatic heterocycles. The predicted octanol–water partition coefficient (Wildman–Crippen LogP) is 0.674. The van der Waals surface area contributed by atoms with E-state index in [-0.39, 0.29) is 10.6 Å². The second kappa shape index (κ2) is 5.08. The number of sulfone groups is 1. The first-order valence-corrected chi connectivity index (χ1v) is 7.41. The number of nitro groups is 1. The summed E-state index contributed by atoms with van der Waals surface area (Å²) in [7, 11) is -3.56. The molecule has 110 valence electrons. The molecule has 1 aromatic rings. The molecule has 1 rings (SSSR count). The van der Waals surface area contributed by atoms with Gasteiger partial charge in [0.05, 0.1) is 9.82 Å². The van der Waals surface area contributed by atoms with Gasteiger partial charge in [-0.3, -0.25) is 14.9 Å². The number of anilines is 1. The standard InChI is InChI=1S/C11H15N3O5S/c1-11(2,10(12)15)13-8-5-4-7(20(3,18)19)6-9(8)14(16)17/h4-6,13H,1-3H3,(H2,12,15). The van der Waals surface area contributed by atoms with Gasteiger partial charge in [0.15, 0.2) is 9.84 Å². The van der Waals surface area contributed by atoms with E-state index in [2.05, 4.69) is 5.32 Å². The van der Waals surface area contributed by atoms with E-state index in [1.807, 2.05) is 0 Å². The molecule has 20 heavy (non-hydrogen) atoms. The lowest BCUT2D eigenvalue weighted by Crippen LogP contribution is -2.45. The van der Waals surface area contributed by atoms with Crippen molar-refractivity contribution in [1.82, 2.24) is 0 Å². The van der Waals surface area contributed by atoms with E-state index in [4.69, 9.17) is 5.73 Å². The van der Waals surface area contributed by atoms with Crippen LogP contribution in [0.4, 0.5) is 11.4 Å². The first-order chi connectivity index (χ1) is 8.95. The van der Waals surface area contributed by atoms with Crippen LogP contribution in [0.1, 0.15) is 13.8 Å². The number of carbonyl (C=O) groups is 1. The van der Waals surface area contributed by atoms with Gasteiger partial charge in [0, 0.05) is 12.3 Å². The molecule has 0 unspecified atom stereocenters. The second-order valence-electron chi connectivity index (χ2n) is 4.82. The molecule has 0 spiro atoms. The Labute approximate surface area is 116 Å². The topological polar surface area (TPSA) is 132 Å². The van der Waals surface area contributed by atoms with Gasteiger partial charge in [0.2, 0.25) is 5.91 Å². The Kier molecular flexibility index (Phi) is 4.04. The van der Waals surface area contributed by atoms with E-state index in [9.17, 15) is 23.3 Å². The van der Waals surface area contributed by atoms with E-state index in [1.165, 1.54) is 26.0 Å². The smallest absolute Gasteiger partial charge is 0.293 e. The molecule has 0 aromatic heterocycles. The average molecular weight is 301 g/mol. The van der Waals surface area contributed by atoms with Gasteiger partial charge in [-0.25, -0.2) is 8.42 Å². The van der Waals surface area contributed by atoms with E-state index in [0.717, 1.165) is 12.3 Å². The van der Waals surface area contributed by atoms with Gasteiger partial charge in [-0.15, -0.1) is 0 Å². The summed E-state index contributed by atoms with van der Waals surface area (Å²) in [5, 5.41) is 13.6. The summed E-state index contributed by atoms with van der Waals surface area (Å²) in [6, 6.07) is 3.40. The Bertz CT molecular complexity index is 667. The summed E-state index contributed by atoms with van der Waals surface area (Å²) < 4.78 is 22.8. The highest BCUT2D eigenvalue weighted by Gasteiger charge is 2.28. The normalized spacial score (nSPS) is 11.9. The SMILES string of the molecule is CC(C)(Nc1ccc(S(C)(=O)=O)cc1[N+](=O)[O-])C(N)=O. The molecule has 0 fully saturated rings. The van der Waals surface area contributed by atoms with Crippen molar-refractivity contribution in [3.8, 4) is 0 Å². The Balaban J connectivity index is 3.36. The summed E-state index contributed by atoms with van der Waals surface area (Å²) >= 11 is 0. The Hall–Kier alpha value is -2.16. The maximum atomic E-state index is 11.4. The number of primary amides is 1. The molecule has 0 saturated heterocycles. The molecule has 0 bridgehead atoms. The van der Waals surface area contributed by atoms with Crippen LogP contribution in [0.2, 0.25) is 0 Å². The van der Waals surface area contributed by atoms with Gasteiger partial charge in [0.25, 0.3) is 5.69 Å². The fourth-order valence-electron chi connectivity index (χ4n) is 1.40. The lowest BCUT2D eigenvalue weighted by Gasteiger charge is -2.23. The minimum Gasteiger partial charge on any atom is -0.368 e. The van der Waals surface area contributed by atoms with Crippen molar-refractivity contribution in [1.29, 1.82) is 0 Å². The van der Waals surface area contributed by atoms with Crippen LogP contribution in [0.5, 0.6) is 0 Å². The molecule has 0 radical (unpaired) electrons. The fraction of sp³-hybridized carbons (Fsp3) is 0.364. The van der Waals surface area contributed by atoms with Crippen LogP contribution in [0.25, 0.3) is 0 Å². The number of nitrogens with two attached hydrogens (primary N) is 1. The van der Waals surface area contributed by atoms with Crippen LogP contribution in [0.3, 0.4) is 0 Å². The number of hydrogen-bond donors (Lipinski definition) is 2. The van der Waals surface area contributed by atoms with Crippen LogP contribution < -0.4 is 11.1 Å². The summed E-state index contributed by atoms with van der Waals surface area (Å²) in [5.41, 5.74) is 3.54. The molecule has 1 aromatic carbocycles. The number of nitrogens with zero attached hydrogens (tertiary/aromatic N) is 1. The van der Waals surface area contributed by atoms with Crippen LogP contribution in [0.15, 0.2) is 23.1 Å². The minimum absolute atomic E-state index is 0.0196. The van der Waals surface area contributed by atoms with Gasteiger partial charge in [-0.1, -0.05) is 0 Å². The summed E-state index contributed by atoms with van der Waals surface area (Å²) in [6.45, 7) is 2.92. The molecular formula is C11H15N3O5S. The average Bonchev–Trinajstić information content (AvgIpc) is 2.26. The molecular weight excluding hydrogens is 286 g/mol. The molecule has 8 nitrogen and oxygen atoms in total. The van der Waals surface area contributed by atoms with E-state index in [1.54, 1.807) is 0 Å². The monoisotopic (exact) mass is 301 g/mol. The van der Waals surface area contributed by atoms with Gasteiger partial charge in [-0.05, 0) is 26.0 Å². The van der Waals surface area contributed by atoms with Crippen LogP contribution >= 0.6 is 0 Å². The van der Waals surface area contributed by atoms with Crippen molar-refractivity contribution in [3.05, 3.63) is 28.3 Å². The first kappa shape index (κ1) is 15.9. The van der Waals surface area contributed by atoms with Crippen molar-refractivity contribution in [2.75, 3.05) is 11.6 Å². The molecule has 0 heterocycles. The largest absolute Gasteiger partial charge is 0.368 e. The number of carbonyl (C=O) groups excluding carboxylic acids is 1. The Morgan fingerprint density at radius 3 is 2.35 bits per heavy atom. The molecule has 9 heteroatoms. The quantitative estimate of drug-likeness (QED) is 0.606. The Morgan fingerprint density at radius 1 is 1.40 bits per heavy atom. The maximum absolute atomic E-state index is 11.4. The summed E-state index contributed by atoms with van der Waals surface area (Å²) in [6.07, 6.45) is 0.951. The highest BCUT2D eigenvalue weighted by atomic mass is 32.2. The van der Waals surface area contributed by atoms with Crippen molar-refractivity contribution in [3.63, 3.8) is 0 Å². The zero-order valence-corrected chi connectivity index (χ0v) is 12.0. The highest BCUT2D eigenvalue weighted by molar-refractivity contribution is 7.90. The second-order valence-corrected chi connectivity index (χ2v) is 6.84. The number of rotatable bonds is 5. The third-order valence-electron chi connectivity index (χ3n) is 2.66. The number of benzene rings is 1.